The summed E-state index contributed by atoms with van der Waals surface area (Å²) in [6.07, 6.45) is 5.55. The molecule has 1 aliphatic rings. The van der Waals surface area contributed by atoms with Crippen LogP contribution in [0.25, 0.3) is 0 Å². The fourth-order valence-corrected chi connectivity index (χ4v) is 2.75. The topological polar surface area (TPSA) is 46.9 Å². The lowest BCUT2D eigenvalue weighted by Crippen LogP contribution is -2.27. The van der Waals surface area contributed by atoms with Gasteiger partial charge in [0.1, 0.15) is 0 Å². The van der Waals surface area contributed by atoms with Crippen molar-refractivity contribution in [2.75, 3.05) is 6.54 Å². The highest BCUT2D eigenvalue weighted by Gasteiger charge is 2.43. The molecule has 0 saturated heterocycles. The lowest BCUT2D eigenvalue weighted by atomic mass is 10.1. The first kappa shape index (κ1) is 14.1. The summed E-state index contributed by atoms with van der Waals surface area (Å²) in [5.74, 6) is 0.611. The van der Waals surface area contributed by atoms with Gasteiger partial charge in [0.05, 0.1) is 6.20 Å². The Morgan fingerprint density at radius 3 is 2.86 bits per heavy atom. The molecule has 1 aliphatic carbocycles. The molecule has 1 aromatic carbocycles. The van der Waals surface area contributed by atoms with Crippen molar-refractivity contribution in [1.29, 1.82) is 0 Å². The van der Waals surface area contributed by atoms with E-state index in [-0.39, 0.29) is 11.8 Å². The third-order valence-corrected chi connectivity index (χ3v) is 4.15. The number of carbonyl (C=O) groups excluding carboxylic acids is 1. The minimum Gasteiger partial charge on any atom is -0.356 e. The van der Waals surface area contributed by atoms with Crippen molar-refractivity contribution in [2.45, 2.75) is 18.8 Å². The average Bonchev–Trinajstić information content (AvgIpc) is 3.16. The molecule has 4 nitrogen and oxygen atoms in total. The lowest BCUT2D eigenvalue weighted by Gasteiger charge is -2.04. The smallest absolute Gasteiger partial charge is 0.223 e. The number of nitrogens with one attached hydrogen (secondary N) is 1. The molecule has 21 heavy (non-hydrogen) atoms. The van der Waals surface area contributed by atoms with E-state index in [0.29, 0.717) is 12.5 Å². The zero-order valence-electron chi connectivity index (χ0n) is 11.9. The van der Waals surface area contributed by atoms with Gasteiger partial charge in [-0.3, -0.25) is 9.48 Å². The molecule has 2 aromatic rings. The van der Waals surface area contributed by atoms with Crippen LogP contribution in [0.1, 0.15) is 23.5 Å². The normalized spacial score (nSPS) is 20.3. The molecule has 1 heterocycles. The Morgan fingerprint density at radius 2 is 2.19 bits per heavy atom. The Labute approximate surface area is 129 Å². The molecule has 3 rings (SSSR count). The van der Waals surface area contributed by atoms with Gasteiger partial charge in [0, 0.05) is 30.7 Å². The molecular formula is C16H18ClN3O. The number of hydrogen-bond donors (Lipinski definition) is 1. The van der Waals surface area contributed by atoms with E-state index in [0.717, 1.165) is 23.4 Å². The maximum atomic E-state index is 12.1. The first-order valence-electron chi connectivity index (χ1n) is 7.14. The summed E-state index contributed by atoms with van der Waals surface area (Å²) in [5, 5.41) is 7.86. The number of hydrogen-bond acceptors (Lipinski definition) is 2. The summed E-state index contributed by atoms with van der Waals surface area (Å²) in [7, 11) is 1.89. The molecule has 1 amide bonds. The first-order chi connectivity index (χ1) is 10.1. The van der Waals surface area contributed by atoms with Gasteiger partial charge in [-0.2, -0.15) is 5.10 Å². The van der Waals surface area contributed by atoms with Crippen LogP contribution in [0.4, 0.5) is 0 Å². The molecular weight excluding hydrogens is 286 g/mol. The Hall–Kier alpha value is -1.81. The minimum atomic E-state index is 0.111. The van der Waals surface area contributed by atoms with E-state index in [9.17, 15) is 4.79 Å². The van der Waals surface area contributed by atoms with Crippen LogP contribution in [0.5, 0.6) is 0 Å². The monoisotopic (exact) mass is 303 g/mol. The number of carbonyl (C=O) groups is 1. The van der Waals surface area contributed by atoms with Crippen LogP contribution in [0, 0.1) is 5.92 Å². The zero-order valence-corrected chi connectivity index (χ0v) is 12.7. The predicted molar refractivity (Wildman–Crippen MR) is 82.2 cm³/mol. The van der Waals surface area contributed by atoms with E-state index < -0.39 is 0 Å². The van der Waals surface area contributed by atoms with E-state index >= 15 is 0 Å². The number of aryl methyl sites for hydroxylation is 1. The number of nitrogens with zero attached hydrogens (tertiary/aromatic N) is 2. The van der Waals surface area contributed by atoms with Crippen molar-refractivity contribution in [3.8, 4) is 0 Å². The van der Waals surface area contributed by atoms with E-state index in [4.69, 9.17) is 11.6 Å². The van der Waals surface area contributed by atoms with E-state index in [1.807, 2.05) is 43.7 Å². The van der Waals surface area contributed by atoms with Crippen molar-refractivity contribution in [3.63, 3.8) is 0 Å². The third-order valence-electron chi connectivity index (χ3n) is 3.90. The Morgan fingerprint density at radius 1 is 1.43 bits per heavy atom. The van der Waals surface area contributed by atoms with Crippen LogP contribution in [-0.2, 0) is 18.3 Å². The summed E-state index contributed by atoms with van der Waals surface area (Å²) >= 11 is 5.88. The van der Waals surface area contributed by atoms with E-state index in [2.05, 4.69) is 10.4 Å². The lowest BCUT2D eigenvalue weighted by molar-refractivity contribution is -0.122. The molecule has 0 bridgehead atoms. The molecule has 1 saturated carbocycles. The summed E-state index contributed by atoms with van der Waals surface area (Å²) in [5.41, 5.74) is 2.34. The molecule has 1 N–H and O–H groups in total. The van der Waals surface area contributed by atoms with Gasteiger partial charge < -0.3 is 5.32 Å². The molecule has 0 spiro atoms. The van der Waals surface area contributed by atoms with Crippen molar-refractivity contribution in [2.24, 2.45) is 13.0 Å². The number of halogens is 1. The number of rotatable bonds is 5. The molecule has 2 atom stereocenters. The highest BCUT2D eigenvalue weighted by atomic mass is 35.5. The molecule has 110 valence electrons. The second-order valence-corrected chi connectivity index (χ2v) is 6.00. The van der Waals surface area contributed by atoms with Crippen molar-refractivity contribution < 1.29 is 4.79 Å². The highest BCUT2D eigenvalue weighted by Crippen LogP contribution is 2.47. The first-order valence-corrected chi connectivity index (χ1v) is 7.52. The van der Waals surface area contributed by atoms with Crippen LogP contribution in [0.15, 0.2) is 36.7 Å². The van der Waals surface area contributed by atoms with E-state index in [1.165, 1.54) is 5.56 Å². The fraction of sp³-hybridized carbons (Fsp3) is 0.375. The standard InChI is InChI=1S/C16H18ClN3O/c1-20-10-11(9-19-20)6-7-18-16(21)15-8-14(15)12-2-4-13(17)5-3-12/h2-5,9-10,14-15H,6-8H2,1H3,(H,18,21)/t14-,15-/m0/s1. The Bertz CT molecular complexity index is 635. The molecule has 0 radical (unpaired) electrons. The van der Waals surface area contributed by atoms with Crippen molar-refractivity contribution in [1.82, 2.24) is 15.1 Å². The van der Waals surface area contributed by atoms with Crippen LogP contribution < -0.4 is 5.32 Å². The number of amides is 1. The second kappa shape index (κ2) is 5.90. The average molecular weight is 304 g/mol. The largest absolute Gasteiger partial charge is 0.356 e. The second-order valence-electron chi connectivity index (χ2n) is 5.56. The summed E-state index contributed by atoms with van der Waals surface area (Å²) in [4.78, 5) is 12.1. The van der Waals surface area contributed by atoms with Crippen LogP contribution >= 0.6 is 11.6 Å². The zero-order chi connectivity index (χ0) is 14.8. The van der Waals surface area contributed by atoms with Gasteiger partial charge in [-0.05, 0) is 42.0 Å². The van der Waals surface area contributed by atoms with Gasteiger partial charge in [0.2, 0.25) is 5.91 Å². The predicted octanol–water partition coefficient (Wildman–Crippen LogP) is 2.54. The summed E-state index contributed by atoms with van der Waals surface area (Å²) in [6.45, 7) is 0.661. The van der Waals surface area contributed by atoms with Gasteiger partial charge in [-0.15, -0.1) is 0 Å². The Balaban J connectivity index is 1.46. The van der Waals surface area contributed by atoms with Crippen molar-refractivity contribution in [3.05, 3.63) is 52.8 Å². The Kier molecular flexibility index (Phi) is 3.97. The molecule has 1 fully saturated rings. The fourth-order valence-electron chi connectivity index (χ4n) is 2.63. The van der Waals surface area contributed by atoms with E-state index in [1.54, 1.807) is 4.68 Å². The van der Waals surface area contributed by atoms with Crippen LogP contribution in [0.3, 0.4) is 0 Å². The van der Waals surface area contributed by atoms with Gasteiger partial charge in [0.15, 0.2) is 0 Å². The molecule has 1 aromatic heterocycles. The molecule has 0 aliphatic heterocycles. The van der Waals surface area contributed by atoms with Gasteiger partial charge in [-0.25, -0.2) is 0 Å². The summed E-state index contributed by atoms with van der Waals surface area (Å²) in [6, 6.07) is 7.78. The quantitative estimate of drug-likeness (QED) is 0.922. The number of aromatic nitrogens is 2. The maximum absolute atomic E-state index is 12.1. The van der Waals surface area contributed by atoms with Gasteiger partial charge >= 0.3 is 0 Å². The highest BCUT2D eigenvalue weighted by molar-refractivity contribution is 6.30. The number of benzene rings is 1. The van der Waals surface area contributed by atoms with Crippen LogP contribution in [-0.4, -0.2) is 22.2 Å². The minimum absolute atomic E-state index is 0.111. The SMILES string of the molecule is Cn1cc(CCNC(=O)[C@H]2C[C@H]2c2ccc(Cl)cc2)cn1. The van der Waals surface area contributed by atoms with Gasteiger partial charge in [-0.1, -0.05) is 23.7 Å². The van der Waals surface area contributed by atoms with Crippen LogP contribution in [0.2, 0.25) is 5.02 Å². The maximum Gasteiger partial charge on any atom is 0.223 e. The van der Waals surface area contributed by atoms with Gasteiger partial charge in [0.25, 0.3) is 0 Å². The third kappa shape index (κ3) is 3.45. The molecule has 0 unspecified atom stereocenters. The van der Waals surface area contributed by atoms with Crippen molar-refractivity contribution >= 4 is 17.5 Å². The summed E-state index contributed by atoms with van der Waals surface area (Å²) < 4.78 is 1.77. The molecule has 5 heteroatoms.